The maximum absolute atomic E-state index is 12.1. The zero-order valence-corrected chi connectivity index (χ0v) is 15.0. The van der Waals surface area contributed by atoms with Crippen molar-refractivity contribution in [3.05, 3.63) is 12.2 Å². The summed E-state index contributed by atoms with van der Waals surface area (Å²) in [6.45, 7) is 2.29. The number of halogens is 2. The Morgan fingerprint density at radius 2 is 1.30 bits per heavy atom. The lowest BCUT2D eigenvalue weighted by atomic mass is 9.68. The van der Waals surface area contributed by atoms with Crippen molar-refractivity contribution >= 4 is 0 Å². The largest absolute Gasteiger partial charge is 0.266 e. The van der Waals surface area contributed by atoms with Crippen LogP contribution in [0.15, 0.2) is 12.2 Å². The Hall–Kier alpha value is -0.400. The number of hydrogen-bond donors (Lipinski definition) is 0. The minimum absolute atomic E-state index is 0.570. The summed E-state index contributed by atoms with van der Waals surface area (Å²) in [7, 11) is 0. The van der Waals surface area contributed by atoms with Crippen LogP contribution in [0.5, 0.6) is 0 Å². The summed E-state index contributed by atoms with van der Waals surface area (Å²) < 4.78 is 24.2. The highest BCUT2D eigenvalue weighted by Gasteiger charge is 2.30. The molecule has 0 saturated heterocycles. The second-order valence-corrected chi connectivity index (χ2v) is 8.13. The molecule has 0 aromatic rings. The van der Waals surface area contributed by atoms with Gasteiger partial charge in [-0.25, -0.2) is 0 Å². The minimum Gasteiger partial charge on any atom is -0.174 e. The van der Waals surface area contributed by atoms with Crippen molar-refractivity contribution in [2.24, 2.45) is 23.7 Å². The molecule has 0 aliphatic heterocycles. The molecule has 2 aliphatic carbocycles. The van der Waals surface area contributed by atoms with Crippen molar-refractivity contribution in [3.8, 4) is 0 Å². The summed E-state index contributed by atoms with van der Waals surface area (Å²) in [4.78, 5) is 0. The summed E-state index contributed by atoms with van der Waals surface area (Å²) in [6.07, 6.45) is 17.9. The van der Waals surface area contributed by atoms with E-state index < -0.39 is 6.08 Å². The molecule has 2 heteroatoms. The van der Waals surface area contributed by atoms with Crippen LogP contribution < -0.4 is 0 Å². The molecule has 2 saturated carbocycles. The quantitative estimate of drug-likeness (QED) is 0.400. The molecule has 0 spiro atoms. The monoisotopic (exact) mass is 326 g/mol. The molecule has 0 N–H and O–H groups in total. The van der Waals surface area contributed by atoms with Crippen LogP contribution in [0.4, 0.5) is 8.78 Å². The molecule has 0 bridgehead atoms. The number of rotatable bonds is 8. The third kappa shape index (κ3) is 6.93. The number of unbranched alkanes of at least 4 members (excludes halogenated alkanes) is 2. The highest BCUT2D eigenvalue weighted by molar-refractivity contribution is 4.85. The van der Waals surface area contributed by atoms with Crippen molar-refractivity contribution < 1.29 is 8.78 Å². The lowest BCUT2D eigenvalue weighted by Gasteiger charge is -2.38. The minimum atomic E-state index is -1.51. The molecule has 2 fully saturated rings. The van der Waals surface area contributed by atoms with Crippen molar-refractivity contribution in [3.63, 3.8) is 0 Å². The van der Waals surface area contributed by atoms with Crippen LogP contribution in [0.3, 0.4) is 0 Å². The van der Waals surface area contributed by atoms with E-state index >= 15 is 0 Å². The van der Waals surface area contributed by atoms with Crippen LogP contribution in [0.25, 0.3) is 0 Å². The number of hydrogen-bond acceptors (Lipinski definition) is 0. The van der Waals surface area contributed by atoms with Gasteiger partial charge in [0.25, 0.3) is 6.08 Å². The standard InChI is InChI=1S/C21H36F2/c1-2-3-4-6-17-9-13-19(14-10-17)20-15-11-18(12-16-20)7-5-8-21(22)23/h8,17-20H,2-7,9-16H2,1H3. The fraction of sp³-hybridized carbons (Fsp3) is 0.905. The molecule has 0 aromatic carbocycles. The summed E-state index contributed by atoms with van der Waals surface area (Å²) in [5.74, 6) is 3.63. The molecule has 0 unspecified atom stereocenters. The van der Waals surface area contributed by atoms with E-state index in [1.165, 1.54) is 77.0 Å². The molecule has 23 heavy (non-hydrogen) atoms. The molecule has 0 heterocycles. The van der Waals surface area contributed by atoms with Gasteiger partial charge in [-0.05, 0) is 68.3 Å². The van der Waals surface area contributed by atoms with Gasteiger partial charge in [0.15, 0.2) is 0 Å². The first-order valence-electron chi connectivity index (χ1n) is 10.2. The van der Waals surface area contributed by atoms with E-state index in [1.54, 1.807) is 0 Å². The predicted octanol–water partition coefficient (Wildman–Crippen LogP) is 7.74. The molecular weight excluding hydrogens is 290 g/mol. The fourth-order valence-electron chi connectivity index (χ4n) is 5.01. The molecule has 0 aromatic heterocycles. The number of allylic oxidation sites excluding steroid dienone is 1. The molecule has 2 rings (SSSR count). The Balaban J connectivity index is 1.60. The zero-order chi connectivity index (χ0) is 16.5. The van der Waals surface area contributed by atoms with E-state index in [1.807, 2.05) is 0 Å². The van der Waals surface area contributed by atoms with Crippen LogP contribution in [-0.4, -0.2) is 0 Å². The van der Waals surface area contributed by atoms with Crippen LogP contribution in [0, 0.1) is 23.7 Å². The average molecular weight is 327 g/mol. The van der Waals surface area contributed by atoms with Crippen LogP contribution in [0.1, 0.15) is 96.8 Å². The Labute approximate surface area is 142 Å². The van der Waals surface area contributed by atoms with Gasteiger partial charge in [0.1, 0.15) is 0 Å². The molecule has 0 radical (unpaired) electrons. The van der Waals surface area contributed by atoms with Gasteiger partial charge in [0.05, 0.1) is 0 Å². The molecular formula is C21H36F2. The molecule has 0 nitrogen and oxygen atoms in total. The van der Waals surface area contributed by atoms with E-state index in [4.69, 9.17) is 0 Å². The second-order valence-electron chi connectivity index (χ2n) is 8.13. The predicted molar refractivity (Wildman–Crippen MR) is 94.6 cm³/mol. The van der Waals surface area contributed by atoms with E-state index in [2.05, 4.69) is 6.92 Å². The summed E-state index contributed by atoms with van der Waals surface area (Å²) in [6, 6.07) is 0. The summed E-state index contributed by atoms with van der Waals surface area (Å²) >= 11 is 0. The maximum Gasteiger partial charge on any atom is 0.266 e. The van der Waals surface area contributed by atoms with Crippen molar-refractivity contribution in [1.82, 2.24) is 0 Å². The van der Waals surface area contributed by atoms with Gasteiger partial charge < -0.3 is 0 Å². The van der Waals surface area contributed by atoms with Crippen LogP contribution >= 0.6 is 0 Å². The van der Waals surface area contributed by atoms with Gasteiger partial charge in [-0.1, -0.05) is 58.3 Å². The molecule has 134 valence electrons. The molecule has 2 aliphatic rings. The Morgan fingerprint density at radius 1 is 0.783 bits per heavy atom. The van der Waals surface area contributed by atoms with Gasteiger partial charge in [-0.15, -0.1) is 0 Å². The van der Waals surface area contributed by atoms with Crippen molar-refractivity contribution in [1.29, 1.82) is 0 Å². The van der Waals surface area contributed by atoms with Crippen LogP contribution in [-0.2, 0) is 0 Å². The first kappa shape index (κ1) is 18.9. The van der Waals surface area contributed by atoms with Gasteiger partial charge >= 0.3 is 0 Å². The third-order valence-corrected chi connectivity index (χ3v) is 6.54. The zero-order valence-electron chi connectivity index (χ0n) is 15.0. The second kappa shape index (κ2) is 10.5. The first-order chi connectivity index (χ1) is 11.2. The van der Waals surface area contributed by atoms with Gasteiger partial charge in [-0.2, -0.15) is 8.78 Å². The van der Waals surface area contributed by atoms with E-state index in [-0.39, 0.29) is 0 Å². The van der Waals surface area contributed by atoms with Gasteiger partial charge in [-0.3, -0.25) is 0 Å². The molecule has 0 amide bonds. The summed E-state index contributed by atoms with van der Waals surface area (Å²) in [5, 5.41) is 0. The first-order valence-corrected chi connectivity index (χ1v) is 10.2. The average Bonchev–Trinajstić information content (AvgIpc) is 2.56. The highest BCUT2D eigenvalue weighted by Crippen LogP contribution is 2.43. The van der Waals surface area contributed by atoms with E-state index in [0.717, 1.165) is 30.3 Å². The fourth-order valence-corrected chi connectivity index (χ4v) is 5.01. The van der Waals surface area contributed by atoms with Gasteiger partial charge in [0, 0.05) is 0 Å². The normalized spacial score (nSPS) is 31.8. The van der Waals surface area contributed by atoms with Crippen molar-refractivity contribution in [2.75, 3.05) is 0 Å². The van der Waals surface area contributed by atoms with Gasteiger partial charge in [0.2, 0.25) is 0 Å². The van der Waals surface area contributed by atoms with Crippen LogP contribution in [0.2, 0.25) is 0 Å². The Morgan fingerprint density at radius 3 is 1.78 bits per heavy atom. The molecule has 0 atom stereocenters. The Kier molecular flexibility index (Phi) is 8.61. The van der Waals surface area contributed by atoms with E-state index in [0.29, 0.717) is 12.3 Å². The summed E-state index contributed by atoms with van der Waals surface area (Å²) in [5.41, 5.74) is 0. The highest BCUT2D eigenvalue weighted by atomic mass is 19.3. The Bertz CT molecular complexity index is 330. The maximum atomic E-state index is 12.1. The lowest BCUT2D eigenvalue weighted by molar-refractivity contribution is 0.140. The third-order valence-electron chi connectivity index (χ3n) is 6.54. The lowest BCUT2D eigenvalue weighted by Crippen LogP contribution is -2.25. The van der Waals surface area contributed by atoms with Crippen molar-refractivity contribution in [2.45, 2.75) is 96.8 Å². The topological polar surface area (TPSA) is 0 Å². The smallest absolute Gasteiger partial charge is 0.174 e. The van der Waals surface area contributed by atoms with E-state index in [9.17, 15) is 8.78 Å². The SMILES string of the molecule is CCCCCC1CCC(C2CCC(CCC=C(F)F)CC2)CC1.